The molecule has 8 rings (SSSR count). The number of likely N-dealkylation sites (N-methyl/N-ethyl adjacent to an activating group) is 1. The van der Waals surface area contributed by atoms with Crippen molar-refractivity contribution in [1.29, 1.82) is 0 Å². The van der Waals surface area contributed by atoms with E-state index in [1.165, 1.54) is 17.4 Å². The van der Waals surface area contributed by atoms with Gasteiger partial charge in [0.2, 0.25) is 15.7 Å². The average molecular weight is 611 g/mol. The van der Waals surface area contributed by atoms with E-state index in [2.05, 4.69) is 20.6 Å². The molecule has 2 saturated carbocycles. The summed E-state index contributed by atoms with van der Waals surface area (Å²) in [6.45, 7) is 2.28. The van der Waals surface area contributed by atoms with Gasteiger partial charge in [-0.15, -0.1) is 0 Å². The van der Waals surface area contributed by atoms with E-state index in [4.69, 9.17) is 4.98 Å². The highest BCUT2D eigenvalue weighted by Crippen LogP contribution is 2.52. The van der Waals surface area contributed by atoms with Crippen molar-refractivity contribution in [2.45, 2.75) is 49.5 Å². The van der Waals surface area contributed by atoms with Crippen molar-refractivity contribution in [3.63, 3.8) is 0 Å². The minimum atomic E-state index is -3.61. The summed E-state index contributed by atoms with van der Waals surface area (Å²) < 4.78 is 28.2. The highest BCUT2D eigenvalue weighted by Gasteiger charge is 2.45. The number of pyridine rings is 1. The Morgan fingerprint density at radius 1 is 1.07 bits per heavy atom. The van der Waals surface area contributed by atoms with Crippen LogP contribution in [0.4, 0.5) is 21.9 Å². The Balaban J connectivity index is 1.03. The first kappa shape index (κ1) is 26.8. The topological polar surface area (TPSA) is 142 Å². The van der Waals surface area contributed by atoms with E-state index < -0.39 is 9.84 Å². The highest BCUT2D eigenvalue weighted by atomic mass is 32.2. The molecule has 44 heavy (non-hydrogen) atoms. The molecule has 2 aliphatic carbocycles. The normalized spacial score (nSPS) is 22.2. The molecule has 12 nitrogen and oxygen atoms in total. The van der Waals surface area contributed by atoms with E-state index in [0.29, 0.717) is 35.2 Å². The standard InChI is InChI=1S/C31H30N8O4S/c1-17-7-8-32-29(34-17)23-11-22(23)25-16-44(42,43)27-6-5-20(10-24(27)36-25)33-12-21-14-38-13-19(18-3-4-18)9-26(30(38)35-21)39-15-28(40)37(2)31(39)41/h5-10,13-14,16,18,22-23,33,36H,3-4,11-12,15H2,1-2H3/t22-,23-/m0/s1. The Hall–Kier alpha value is -4.78. The summed E-state index contributed by atoms with van der Waals surface area (Å²) in [4.78, 5) is 41.7. The van der Waals surface area contributed by atoms with Crippen LogP contribution in [0.5, 0.6) is 0 Å². The van der Waals surface area contributed by atoms with Gasteiger partial charge in [-0.05, 0) is 68.0 Å². The lowest BCUT2D eigenvalue weighted by Gasteiger charge is -2.20. The predicted octanol–water partition coefficient (Wildman–Crippen LogP) is 4.16. The average Bonchev–Trinajstić information content (AvgIpc) is 3.92. The van der Waals surface area contributed by atoms with Gasteiger partial charge in [-0.25, -0.2) is 28.2 Å². The van der Waals surface area contributed by atoms with E-state index in [1.54, 1.807) is 24.4 Å². The van der Waals surface area contributed by atoms with E-state index >= 15 is 0 Å². The number of imidazole rings is 1. The number of rotatable bonds is 7. The predicted molar refractivity (Wildman–Crippen MR) is 163 cm³/mol. The van der Waals surface area contributed by atoms with Crippen molar-refractivity contribution in [2.24, 2.45) is 5.92 Å². The van der Waals surface area contributed by atoms with Crippen LogP contribution in [0.15, 0.2) is 64.9 Å². The molecular weight excluding hydrogens is 580 g/mol. The molecule has 1 aromatic carbocycles. The van der Waals surface area contributed by atoms with Crippen molar-refractivity contribution < 1.29 is 18.0 Å². The number of nitrogens with one attached hydrogen (secondary N) is 2. The molecule has 0 radical (unpaired) electrons. The van der Waals surface area contributed by atoms with Crippen molar-refractivity contribution in [2.75, 3.05) is 29.1 Å². The zero-order valence-corrected chi connectivity index (χ0v) is 25.0. The van der Waals surface area contributed by atoms with Gasteiger partial charge in [-0.2, -0.15) is 0 Å². The summed E-state index contributed by atoms with van der Waals surface area (Å²) in [7, 11) is -2.12. The number of allylic oxidation sites excluding steroid dienone is 1. The Kier molecular flexibility index (Phi) is 5.86. The fourth-order valence-corrected chi connectivity index (χ4v) is 7.48. The Bertz CT molecular complexity index is 2030. The molecule has 224 valence electrons. The first-order valence-corrected chi connectivity index (χ1v) is 16.2. The van der Waals surface area contributed by atoms with Gasteiger partial charge in [0.15, 0.2) is 5.65 Å². The number of sulfone groups is 1. The van der Waals surface area contributed by atoms with Crippen LogP contribution >= 0.6 is 0 Å². The largest absolute Gasteiger partial charge is 0.379 e. The van der Waals surface area contributed by atoms with Crippen LogP contribution in [0.25, 0.3) is 5.65 Å². The van der Waals surface area contributed by atoms with Crippen LogP contribution in [0.3, 0.4) is 0 Å². The Morgan fingerprint density at radius 3 is 2.66 bits per heavy atom. The molecular formula is C31H30N8O4S. The molecule has 1 saturated heterocycles. The second-order valence-electron chi connectivity index (χ2n) is 12.0. The molecule has 4 aliphatic rings. The summed E-state index contributed by atoms with van der Waals surface area (Å²) in [5.74, 6) is 1.04. The molecule has 2 atom stereocenters. The number of anilines is 3. The quantitative estimate of drug-likeness (QED) is 0.295. The second-order valence-corrected chi connectivity index (χ2v) is 13.8. The van der Waals surface area contributed by atoms with Crippen LogP contribution in [-0.4, -0.2) is 58.2 Å². The number of amides is 3. The van der Waals surface area contributed by atoms with Gasteiger partial charge < -0.3 is 15.0 Å². The number of nitrogens with zero attached hydrogens (tertiary/aromatic N) is 6. The minimum Gasteiger partial charge on any atom is -0.379 e. The van der Waals surface area contributed by atoms with Gasteiger partial charge in [0, 0.05) is 54.6 Å². The lowest BCUT2D eigenvalue weighted by Crippen LogP contribution is -2.30. The Labute approximate surface area is 253 Å². The molecule has 3 amide bonds. The van der Waals surface area contributed by atoms with Crippen LogP contribution in [0.2, 0.25) is 0 Å². The smallest absolute Gasteiger partial charge is 0.331 e. The molecule has 3 fully saturated rings. The first-order valence-electron chi connectivity index (χ1n) is 14.7. The van der Waals surface area contributed by atoms with E-state index in [1.807, 2.05) is 35.9 Å². The summed E-state index contributed by atoms with van der Waals surface area (Å²) in [6, 6.07) is 8.63. The van der Waals surface area contributed by atoms with Crippen molar-refractivity contribution in [3.8, 4) is 0 Å². The fraction of sp³-hybridized carbons (Fsp3) is 0.323. The van der Waals surface area contributed by atoms with Gasteiger partial charge in [-0.3, -0.25) is 14.6 Å². The maximum Gasteiger partial charge on any atom is 0.331 e. The molecule has 3 aromatic heterocycles. The van der Waals surface area contributed by atoms with Crippen molar-refractivity contribution in [1.82, 2.24) is 24.3 Å². The first-order chi connectivity index (χ1) is 21.1. The van der Waals surface area contributed by atoms with Crippen molar-refractivity contribution >= 4 is 44.5 Å². The lowest BCUT2D eigenvalue weighted by molar-refractivity contribution is -0.123. The van der Waals surface area contributed by atoms with E-state index in [9.17, 15) is 18.0 Å². The van der Waals surface area contributed by atoms with Crippen LogP contribution in [0.1, 0.15) is 53.9 Å². The summed E-state index contributed by atoms with van der Waals surface area (Å²) in [5, 5.41) is 8.06. The maximum absolute atomic E-state index is 13.2. The molecule has 2 aliphatic heterocycles. The van der Waals surface area contributed by atoms with E-state index in [-0.39, 0.29) is 35.2 Å². The third-order valence-electron chi connectivity index (χ3n) is 8.78. The van der Waals surface area contributed by atoms with Crippen molar-refractivity contribution in [3.05, 3.63) is 82.8 Å². The molecule has 0 unspecified atom stereocenters. The molecule has 5 heterocycles. The second kappa shape index (κ2) is 9.61. The number of aromatic nitrogens is 4. The van der Waals surface area contributed by atoms with Gasteiger partial charge in [0.05, 0.1) is 33.9 Å². The monoisotopic (exact) mass is 610 g/mol. The summed E-state index contributed by atoms with van der Waals surface area (Å²) in [5.41, 5.74) is 5.89. The van der Waals surface area contributed by atoms with Gasteiger partial charge in [0.25, 0.3) is 0 Å². The zero-order chi connectivity index (χ0) is 30.3. The van der Waals surface area contributed by atoms with Crippen LogP contribution < -0.4 is 15.5 Å². The number of carbonyl (C=O) groups excluding carboxylic acids is 2. The molecule has 13 heteroatoms. The summed E-state index contributed by atoms with van der Waals surface area (Å²) in [6.07, 6.45) is 8.69. The molecule has 0 spiro atoms. The number of fused-ring (bicyclic) bond motifs is 2. The number of hydrogen-bond donors (Lipinski definition) is 2. The third kappa shape index (κ3) is 4.58. The van der Waals surface area contributed by atoms with Gasteiger partial charge in [-0.1, -0.05) is 0 Å². The SMILES string of the molecule is Cc1ccnc([C@H]2C[C@@H]2C2=CS(=O)(=O)c3ccc(NCc4cn5cc(C6CC6)cc(N6CC(=O)N(C)C6=O)c5n4)cc3N2)n1. The number of urea groups is 1. The zero-order valence-electron chi connectivity index (χ0n) is 24.2. The molecule has 0 bridgehead atoms. The van der Waals surface area contributed by atoms with E-state index in [0.717, 1.165) is 52.6 Å². The van der Waals surface area contributed by atoms with Gasteiger partial charge in [0.1, 0.15) is 12.4 Å². The molecule has 4 aromatic rings. The summed E-state index contributed by atoms with van der Waals surface area (Å²) >= 11 is 0. The number of benzene rings is 1. The van der Waals surface area contributed by atoms with Crippen LogP contribution in [0, 0.1) is 12.8 Å². The lowest BCUT2D eigenvalue weighted by atomic mass is 10.1. The number of carbonyl (C=O) groups is 2. The molecule has 2 N–H and O–H groups in total. The van der Waals surface area contributed by atoms with Gasteiger partial charge >= 0.3 is 6.03 Å². The highest BCUT2D eigenvalue weighted by molar-refractivity contribution is 7.94. The van der Waals surface area contributed by atoms with Crippen LogP contribution in [-0.2, 0) is 21.2 Å². The number of imide groups is 1. The maximum atomic E-state index is 13.2. The third-order valence-corrected chi connectivity index (χ3v) is 10.3. The Morgan fingerprint density at radius 2 is 1.91 bits per heavy atom. The minimum absolute atomic E-state index is 0.0133. The number of hydrogen-bond acceptors (Lipinski definition) is 9. The number of aryl methyl sites for hydroxylation is 1. The fourth-order valence-electron chi connectivity index (χ4n) is 6.11.